The van der Waals surface area contributed by atoms with Gasteiger partial charge in [0.15, 0.2) is 5.65 Å². The number of hydrogen-bond donors (Lipinski definition) is 2. The van der Waals surface area contributed by atoms with Gasteiger partial charge in [0.05, 0.1) is 24.0 Å². The highest BCUT2D eigenvalue weighted by Gasteiger charge is 2.23. The summed E-state index contributed by atoms with van der Waals surface area (Å²) in [5.74, 6) is 1.68. The van der Waals surface area contributed by atoms with Crippen LogP contribution in [0.25, 0.3) is 22.6 Å². The number of nitrogens with zero attached hydrogens (tertiary/aromatic N) is 5. The number of piperazine rings is 1. The summed E-state index contributed by atoms with van der Waals surface area (Å²) >= 11 is 6.66. The Morgan fingerprint density at radius 2 is 1.72 bits per heavy atom. The zero-order valence-corrected chi connectivity index (χ0v) is 25.4. The molecule has 0 spiro atoms. The first kappa shape index (κ1) is 29.2. The maximum atomic E-state index is 12.1. The molecular formula is C32H38ClN7O3. The smallest absolute Gasteiger partial charge is 0.248 e. The Morgan fingerprint density at radius 3 is 2.40 bits per heavy atom. The van der Waals surface area contributed by atoms with Crippen LogP contribution in [-0.4, -0.2) is 96.8 Å². The first-order valence-electron chi connectivity index (χ1n) is 14.8. The topological polar surface area (TPSA) is 98.8 Å². The zero-order valence-electron chi connectivity index (χ0n) is 24.7. The van der Waals surface area contributed by atoms with Crippen molar-refractivity contribution in [2.24, 2.45) is 0 Å². The van der Waals surface area contributed by atoms with Crippen molar-refractivity contribution in [2.75, 3.05) is 70.3 Å². The minimum atomic E-state index is 0.0418. The Hall–Kier alpha value is -3.86. The van der Waals surface area contributed by atoms with Crippen LogP contribution in [0.4, 0.5) is 11.4 Å². The molecule has 0 bridgehead atoms. The average molecular weight is 604 g/mol. The number of piperidine rings is 1. The number of ether oxygens (including phenoxy) is 2. The third-order valence-electron chi connectivity index (χ3n) is 8.38. The molecule has 43 heavy (non-hydrogen) atoms. The average Bonchev–Trinajstić information content (AvgIpc) is 3.49. The van der Waals surface area contributed by atoms with E-state index in [4.69, 9.17) is 26.1 Å². The molecule has 4 heterocycles. The van der Waals surface area contributed by atoms with E-state index in [9.17, 15) is 4.79 Å². The van der Waals surface area contributed by atoms with E-state index < -0.39 is 0 Å². The van der Waals surface area contributed by atoms with Gasteiger partial charge in [-0.15, -0.1) is 0 Å². The molecular weight excluding hydrogens is 566 g/mol. The number of amides is 1. The van der Waals surface area contributed by atoms with E-state index in [1.54, 1.807) is 20.4 Å². The van der Waals surface area contributed by atoms with E-state index >= 15 is 0 Å². The molecule has 2 aromatic carbocycles. The molecule has 2 fully saturated rings. The molecule has 2 saturated heterocycles. The molecule has 11 heteroatoms. The molecule has 0 saturated carbocycles. The maximum Gasteiger partial charge on any atom is 0.248 e. The predicted molar refractivity (Wildman–Crippen MR) is 170 cm³/mol. The van der Waals surface area contributed by atoms with Gasteiger partial charge in [0, 0.05) is 70.2 Å². The van der Waals surface area contributed by atoms with E-state index in [0.29, 0.717) is 29.8 Å². The van der Waals surface area contributed by atoms with E-state index in [2.05, 4.69) is 61.5 Å². The van der Waals surface area contributed by atoms with Gasteiger partial charge < -0.3 is 29.6 Å². The fraction of sp³-hybridized carbons (Fsp3) is 0.406. The molecule has 10 nitrogen and oxygen atoms in total. The van der Waals surface area contributed by atoms with E-state index in [-0.39, 0.29) is 12.5 Å². The minimum absolute atomic E-state index is 0.0418. The number of nitrogens with one attached hydrogen (secondary N) is 2. The van der Waals surface area contributed by atoms with Crippen LogP contribution in [0.5, 0.6) is 5.75 Å². The lowest BCUT2D eigenvalue weighted by molar-refractivity contribution is -0.135. The van der Waals surface area contributed by atoms with Crippen LogP contribution in [0.3, 0.4) is 0 Å². The van der Waals surface area contributed by atoms with Crippen LogP contribution >= 0.6 is 11.6 Å². The van der Waals surface area contributed by atoms with Crippen molar-refractivity contribution >= 4 is 40.0 Å². The Bertz CT molecular complexity index is 1530. The van der Waals surface area contributed by atoms with Gasteiger partial charge in [-0.1, -0.05) is 23.7 Å². The first-order chi connectivity index (χ1) is 21.0. The quantitative estimate of drug-likeness (QED) is 0.285. The summed E-state index contributed by atoms with van der Waals surface area (Å²) in [6, 6.07) is 17.0. The molecule has 4 aromatic rings. The van der Waals surface area contributed by atoms with Crippen molar-refractivity contribution in [3.05, 3.63) is 65.3 Å². The number of hydrogen-bond acceptors (Lipinski definition) is 8. The van der Waals surface area contributed by atoms with Crippen LogP contribution < -0.4 is 15.0 Å². The lowest BCUT2D eigenvalue weighted by Gasteiger charge is -2.36. The van der Waals surface area contributed by atoms with Gasteiger partial charge in [0.25, 0.3) is 0 Å². The standard InChI is InChI=1S/C32H38ClN7O3/c1-42-21-28(41)40-17-15-39(16-18-40)25-7-5-23(6-8-25)31-36-30-29(27(33)19-34-32(30)37-31)35-24-11-13-38(14-12-24)20-22-3-9-26(43-2)10-4-22/h3-10,19,24H,11-18,20-21H2,1-2H3,(H2,34,35,36,37). The Kier molecular flexibility index (Phi) is 8.97. The number of carbonyl (C=O) groups is 1. The SMILES string of the molecule is COCC(=O)N1CCN(c2ccc(-c3nc4ncc(Cl)c(NC5CCN(Cc6ccc(OC)cc6)CC5)c4[nH]3)cc2)CC1. The van der Waals surface area contributed by atoms with Crippen LogP contribution in [0.1, 0.15) is 18.4 Å². The van der Waals surface area contributed by atoms with Crippen LogP contribution in [-0.2, 0) is 16.1 Å². The second-order valence-electron chi connectivity index (χ2n) is 11.2. The maximum absolute atomic E-state index is 12.1. The van der Waals surface area contributed by atoms with Crippen molar-refractivity contribution in [1.29, 1.82) is 0 Å². The van der Waals surface area contributed by atoms with E-state index in [1.807, 2.05) is 17.0 Å². The largest absolute Gasteiger partial charge is 0.497 e. The van der Waals surface area contributed by atoms with Gasteiger partial charge in [0.2, 0.25) is 5.91 Å². The number of imidazole rings is 1. The fourth-order valence-corrected chi connectivity index (χ4v) is 6.10. The van der Waals surface area contributed by atoms with Crippen LogP contribution in [0, 0.1) is 0 Å². The van der Waals surface area contributed by atoms with Gasteiger partial charge in [-0.25, -0.2) is 9.97 Å². The highest BCUT2D eigenvalue weighted by atomic mass is 35.5. The molecule has 1 amide bonds. The summed E-state index contributed by atoms with van der Waals surface area (Å²) in [6.45, 7) is 6.05. The Balaban J connectivity index is 1.08. The summed E-state index contributed by atoms with van der Waals surface area (Å²) < 4.78 is 10.3. The van der Waals surface area contributed by atoms with Crippen molar-refractivity contribution < 1.29 is 14.3 Å². The Labute approximate surface area is 256 Å². The van der Waals surface area contributed by atoms with Gasteiger partial charge in [-0.3, -0.25) is 9.69 Å². The van der Waals surface area contributed by atoms with Crippen molar-refractivity contribution in [3.8, 4) is 17.1 Å². The summed E-state index contributed by atoms with van der Waals surface area (Å²) in [5, 5.41) is 4.28. The molecule has 0 aliphatic carbocycles. The lowest BCUT2D eigenvalue weighted by atomic mass is 10.0. The highest BCUT2D eigenvalue weighted by Crippen LogP contribution is 2.33. The molecule has 2 aliphatic heterocycles. The molecule has 2 aliphatic rings. The molecule has 0 atom stereocenters. The van der Waals surface area contributed by atoms with Crippen LogP contribution in [0.2, 0.25) is 5.02 Å². The number of benzene rings is 2. The Morgan fingerprint density at radius 1 is 1.00 bits per heavy atom. The van der Waals surface area contributed by atoms with Gasteiger partial charge >= 0.3 is 0 Å². The van der Waals surface area contributed by atoms with E-state index in [1.165, 1.54) is 5.56 Å². The molecule has 2 N–H and O–H groups in total. The number of aromatic amines is 1. The van der Waals surface area contributed by atoms with Crippen LogP contribution in [0.15, 0.2) is 54.7 Å². The fourth-order valence-electron chi connectivity index (χ4n) is 5.90. The highest BCUT2D eigenvalue weighted by molar-refractivity contribution is 6.34. The van der Waals surface area contributed by atoms with Crippen molar-refractivity contribution in [1.82, 2.24) is 24.8 Å². The van der Waals surface area contributed by atoms with Gasteiger partial charge in [-0.05, 0) is 54.8 Å². The zero-order chi connectivity index (χ0) is 29.8. The molecule has 226 valence electrons. The number of H-pyrrole nitrogens is 1. The summed E-state index contributed by atoms with van der Waals surface area (Å²) in [6.07, 6.45) is 3.72. The first-order valence-corrected chi connectivity index (χ1v) is 15.2. The number of halogens is 1. The second kappa shape index (κ2) is 13.2. The van der Waals surface area contributed by atoms with Gasteiger partial charge in [-0.2, -0.15) is 0 Å². The molecule has 0 radical (unpaired) electrons. The second-order valence-corrected chi connectivity index (χ2v) is 11.6. The third kappa shape index (κ3) is 6.71. The summed E-state index contributed by atoms with van der Waals surface area (Å²) in [4.78, 5) is 31.5. The van der Waals surface area contributed by atoms with Gasteiger partial charge in [0.1, 0.15) is 23.7 Å². The predicted octanol–water partition coefficient (Wildman–Crippen LogP) is 4.66. The monoisotopic (exact) mass is 603 g/mol. The third-order valence-corrected chi connectivity index (χ3v) is 8.67. The molecule has 2 aromatic heterocycles. The number of fused-ring (bicyclic) bond motifs is 1. The van der Waals surface area contributed by atoms with Crippen molar-refractivity contribution in [2.45, 2.75) is 25.4 Å². The number of carbonyl (C=O) groups excluding carboxylic acids is 1. The molecule has 0 unspecified atom stereocenters. The number of pyridine rings is 1. The lowest BCUT2D eigenvalue weighted by Crippen LogP contribution is -2.49. The minimum Gasteiger partial charge on any atom is -0.497 e. The summed E-state index contributed by atoms with van der Waals surface area (Å²) in [5.41, 5.74) is 5.71. The van der Waals surface area contributed by atoms with E-state index in [0.717, 1.165) is 79.6 Å². The number of anilines is 2. The number of likely N-dealkylation sites (tertiary alicyclic amines) is 1. The van der Waals surface area contributed by atoms with Crippen molar-refractivity contribution in [3.63, 3.8) is 0 Å². The normalized spacial score (nSPS) is 16.5. The summed E-state index contributed by atoms with van der Waals surface area (Å²) in [7, 11) is 3.24. The molecule has 6 rings (SSSR count). The number of methoxy groups -OCH3 is 2. The number of rotatable bonds is 9. The number of aromatic nitrogens is 3.